The van der Waals surface area contributed by atoms with E-state index in [0.29, 0.717) is 6.10 Å². The van der Waals surface area contributed by atoms with Crippen molar-refractivity contribution in [1.29, 1.82) is 0 Å². The number of hydrogen-bond donors (Lipinski definition) is 0. The van der Waals surface area contributed by atoms with E-state index < -0.39 is 0 Å². The van der Waals surface area contributed by atoms with Crippen LogP contribution in [0.5, 0.6) is 0 Å². The lowest BCUT2D eigenvalue weighted by Crippen LogP contribution is -2.32. The first kappa shape index (κ1) is 5.39. The Bertz CT molecular complexity index is 59.1. The van der Waals surface area contributed by atoms with Crippen molar-refractivity contribution in [3.05, 3.63) is 0 Å². The maximum Gasteiger partial charge on any atom is 0.134 e. The van der Waals surface area contributed by atoms with E-state index in [9.17, 15) is 0 Å². The van der Waals surface area contributed by atoms with E-state index in [-0.39, 0.29) is 5.56 Å². The van der Waals surface area contributed by atoms with Gasteiger partial charge in [-0.2, -0.15) is 0 Å². The van der Waals surface area contributed by atoms with E-state index in [1.165, 1.54) is 0 Å². The van der Waals surface area contributed by atoms with Crippen LogP contribution in [0.25, 0.3) is 0 Å². The molecule has 0 bridgehead atoms. The number of ether oxygens (including phenoxy) is 1. The summed E-state index contributed by atoms with van der Waals surface area (Å²) in [6, 6.07) is 0. The molecule has 42 valence electrons. The molecule has 2 unspecified atom stereocenters. The minimum atomic E-state index is 0.0185. The molecule has 0 saturated carbocycles. The Kier molecular flexibility index (Phi) is 1.55. The first-order chi connectivity index (χ1) is 3.33. The summed E-state index contributed by atoms with van der Waals surface area (Å²) in [6.45, 7) is 2.10. The van der Waals surface area contributed by atoms with Crippen molar-refractivity contribution in [2.24, 2.45) is 0 Å². The molecule has 1 nitrogen and oxygen atoms in total. The molecule has 0 aromatic heterocycles. The van der Waals surface area contributed by atoms with Gasteiger partial charge >= 0.3 is 0 Å². The summed E-state index contributed by atoms with van der Waals surface area (Å²) in [7, 11) is 0. The molecule has 0 aromatic rings. The lowest BCUT2D eigenvalue weighted by molar-refractivity contribution is -0.0790. The third-order valence-corrected chi connectivity index (χ3v) is 1.52. The summed E-state index contributed by atoms with van der Waals surface area (Å²) in [5, 5.41) is 0. The van der Waals surface area contributed by atoms with Crippen LogP contribution in [0.3, 0.4) is 0 Å². The summed E-state index contributed by atoms with van der Waals surface area (Å²) < 4.78 is 5.05. The van der Waals surface area contributed by atoms with E-state index in [0.717, 1.165) is 12.8 Å². The van der Waals surface area contributed by atoms with Crippen molar-refractivity contribution in [3.63, 3.8) is 0 Å². The Morgan fingerprint density at radius 3 is 2.57 bits per heavy atom. The highest BCUT2D eigenvalue weighted by Crippen LogP contribution is 2.25. The topological polar surface area (TPSA) is 9.23 Å². The van der Waals surface area contributed by atoms with Gasteiger partial charge in [0.2, 0.25) is 0 Å². The molecule has 1 heterocycles. The fourth-order valence-corrected chi connectivity index (χ4v) is 1.01. The van der Waals surface area contributed by atoms with Crippen molar-refractivity contribution in [3.8, 4) is 0 Å². The van der Waals surface area contributed by atoms with Crippen LogP contribution in [-0.2, 0) is 4.74 Å². The molecule has 2 atom stereocenters. The molecule has 0 N–H and O–H groups in total. The van der Waals surface area contributed by atoms with E-state index in [1.54, 1.807) is 0 Å². The van der Waals surface area contributed by atoms with Crippen LogP contribution >= 0.6 is 11.6 Å². The predicted octanol–water partition coefficient (Wildman–Crippen LogP) is 1.75. The summed E-state index contributed by atoms with van der Waals surface area (Å²) in [4.78, 5) is 0. The van der Waals surface area contributed by atoms with Gasteiger partial charge in [0, 0.05) is 6.42 Å². The molecular weight excluding hydrogens is 112 g/mol. The molecule has 2 heteroatoms. The van der Waals surface area contributed by atoms with E-state index >= 15 is 0 Å². The standard InChI is InChI=1S/C5H9ClO/c1-2-4-3-5(6)7-4/h4-5H,2-3H2,1H3. The third-order valence-electron chi connectivity index (χ3n) is 1.24. The van der Waals surface area contributed by atoms with E-state index in [2.05, 4.69) is 6.92 Å². The van der Waals surface area contributed by atoms with Crippen molar-refractivity contribution in [2.45, 2.75) is 31.4 Å². The molecule has 0 radical (unpaired) electrons. The highest BCUT2D eigenvalue weighted by atomic mass is 35.5. The second kappa shape index (κ2) is 2.01. The molecule has 1 saturated heterocycles. The van der Waals surface area contributed by atoms with Crippen molar-refractivity contribution < 1.29 is 4.74 Å². The maximum atomic E-state index is 5.50. The molecule has 0 spiro atoms. The summed E-state index contributed by atoms with van der Waals surface area (Å²) in [5.41, 5.74) is 0.0185. The first-order valence-corrected chi connectivity index (χ1v) is 3.06. The van der Waals surface area contributed by atoms with Crippen LogP contribution in [0.2, 0.25) is 0 Å². The molecule has 1 rings (SSSR count). The zero-order chi connectivity index (χ0) is 5.28. The molecular formula is C5H9ClO. The zero-order valence-electron chi connectivity index (χ0n) is 4.36. The van der Waals surface area contributed by atoms with Gasteiger partial charge < -0.3 is 4.74 Å². The smallest absolute Gasteiger partial charge is 0.134 e. The lowest BCUT2D eigenvalue weighted by atomic mass is 10.1. The summed E-state index contributed by atoms with van der Waals surface area (Å²) >= 11 is 5.50. The minimum Gasteiger partial charge on any atom is -0.359 e. The highest BCUT2D eigenvalue weighted by Gasteiger charge is 2.25. The Labute approximate surface area is 48.6 Å². The van der Waals surface area contributed by atoms with Crippen LogP contribution in [0.15, 0.2) is 0 Å². The van der Waals surface area contributed by atoms with Gasteiger partial charge in [-0.3, -0.25) is 0 Å². The summed E-state index contributed by atoms with van der Waals surface area (Å²) in [6.07, 6.45) is 2.60. The Hall–Kier alpha value is 0.250. The number of halogens is 1. The first-order valence-electron chi connectivity index (χ1n) is 2.62. The minimum absolute atomic E-state index is 0.0185. The van der Waals surface area contributed by atoms with Gasteiger partial charge in [-0.1, -0.05) is 18.5 Å². The summed E-state index contributed by atoms with van der Waals surface area (Å²) in [5.74, 6) is 0. The van der Waals surface area contributed by atoms with Gasteiger partial charge in [-0.05, 0) is 6.42 Å². The second-order valence-corrected chi connectivity index (χ2v) is 2.30. The fraction of sp³-hybridized carbons (Fsp3) is 1.00. The van der Waals surface area contributed by atoms with Crippen molar-refractivity contribution >= 4 is 11.6 Å². The monoisotopic (exact) mass is 120 g/mol. The molecule has 0 aromatic carbocycles. The van der Waals surface area contributed by atoms with Crippen LogP contribution in [0.4, 0.5) is 0 Å². The average Bonchev–Trinajstić information content (AvgIpc) is 1.58. The second-order valence-electron chi connectivity index (χ2n) is 1.81. The zero-order valence-corrected chi connectivity index (χ0v) is 5.11. The van der Waals surface area contributed by atoms with Crippen LogP contribution in [0.1, 0.15) is 19.8 Å². The van der Waals surface area contributed by atoms with Gasteiger partial charge in [0.05, 0.1) is 6.10 Å². The average molecular weight is 121 g/mol. The fourth-order valence-electron chi connectivity index (χ4n) is 0.667. The molecule has 1 fully saturated rings. The van der Waals surface area contributed by atoms with Gasteiger partial charge in [0.15, 0.2) is 0 Å². The van der Waals surface area contributed by atoms with Crippen molar-refractivity contribution in [1.82, 2.24) is 0 Å². The lowest BCUT2D eigenvalue weighted by Gasteiger charge is -2.30. The molecule has 7 heavy (non-hydrogen) atoms. The normalized spacial score (nSPS) is 40.3. The Morgan fingerprint density at radius 2 is 2.43 bits per heavy atom. The number of rotatable bonds is 1. The quantitative estimate of drug-likeness (QED) is 0.479. The molecule has 1 aliphatic rings. The van der Waals surface area contributed by atoms with Gasteiger partial charge in [0.1, 0.15) is 5.56 Å². The number of alkyl halides is 1. The van der Waals surface area contributed by atoms with Gasteiger partial charge in [-0.15, -0.1) is 0 Å². The third kappa shape index (κ3) is 1.07. The number of hydrogen-bond acceptors (Lipinski definition) is 1. The largest absolute Gasteiger partial charge is 0.359 e. The van der Waals surface area contributed by atoms with Gasteiger partial charge in [-0.25, -0.2) is 0 Å². The molecule has 1 aliphatic heterocycles. The predicted molar refractivity (Wildman–Crippen MR) is 29.4 cm³/mol. The van der Waals surface area contributed by atoms with Crippen LogP contribution in [0, 0.1) is 0 Å². The van der Waals surface area contributed by atoms with E-state index in [1.807, 2.05) is 0 Å². The van der Waals surface area contributed by atoms with Gasteiger partial charge in [0.25, 0.3) is 0 Å². The molecule has 0 aliphatic carbocycles. The Morgan fingerprint density at radius 1 is 1.86 bits per heavy atom. The molecule has 0 amide bonds. The van der Waals surface area contributed by atoms with Crippen LogP contribution < -0.4 is 0 Å². The van der Waals surface area contributed by atoms with Crippen molar-refractivity contribution in [2.75, 3.05) is 0 Å². The van der Waals surface area contributed by atoms with E-state index in [4.69, 9.17) is 16.3 Å². The SMILES string of the molecule is CCC1CC(Cl)O1. The Balaban J connectivity index is 2.06. The van der Waals surface area contributed by atoms with Crippen LogP contribution in [-0.4, -0.2) is 11.7 Å². The highest BCUT2D eigenvalue weighted by molar-refractivity contribution is 6.20. The maximum absolute atomic E-state index is 5.50.